The number of aliphatic hydroxyl groups excluding tert-OH is 2. The Bertz CT molecular complexity index is 356. The van der Waals surface area contributed by atoms with Crippen molar-refractivity contribution in [2.45, 2.75) is 18.6 Å². The first-order valence-corrected chi connectivity index (χ1v) is 7.41. The number of aliphatic hydroxyl groups is 2. The van der Waals surface area contributed by atoms with Crippen LogP contribution in [0.5, 0.6) is 0 Å². The van der Waals surface area contributed by atoms with Crippen LogP contribution in [0.2, 0.25) is 0 Å². The van der Waals surface area contributed by atoms with Gasteiger partial charge in [-0.1, -0.05) is 0 Å². The second-order valence-electron chi connectivity index (χ2n) is 5.40. The van der Waals surface area contributed by atoms with E-state index >= 15 is 0 Å². The molecule has 0 rings (SSSR count). The molecule has 0 aliphatic heterocycles. The van der Waals surface area contributed by atoms with Crippen LogP contribution in [0.15, 0.2) is 0 Å². The number of phosphoric ester groups is 1. The molecule has 0 aromatic carbocycles. The Balaban J connectivity index is 4.61. The van der Waals surface area contributed by atoms with Crippen LogP contribution >= 0.6 is 7.82 Å². The molecule has 0 bridgehead atoms. The predicted octanol–water partition coefficient (Wildman–Crippen LogP) is -0.977. The van der Waals surface area contributed by atoms with Gasteiger partial charge in [0.1, 0.15) is 18.8 Å². The molecular formula is C10H23NO8P+. The molecule has 0 spiro atoms. The summed E-state index contributed by atoms with van der Waals surface area (Å²) in [5.41, 5.74) is 0. The third-order valence-corrected chi connectivity index (χ3v) is 3.12. The van der Waals surface area contributed by atoms with Crippen LogP contribution in [0.3, 0.4) is 0 Å². The van der Waals surface area contributed by atoms with Crippen molar-refractivity contribution in [1.82, 2.24) is 0 Å². The average Bonchev–Trinajstić information content (AvgIpc) is 2.21. The molecule has 0 saturated carbocycles. The van der Waals surface area contributed by atoms with Gasteiger partial charge < -0.3 is 24.7 Å². The maximum Gasteiger partial charge on any atom is 0.472 e. The SMILES string of the molecule is C[N+](C)(C)C[C@@H](CC(=O)O)OP(=O)(O)OCC(O)CO. The van der Waals surface area contributed by atoms with E-state index in [1.54, 1.807) is 21.1 Å². The maximum atomic E-state index is 11.6. The lowest BCUT2D eigenvalue weighted by Crippen LogP contribution is -2.43. The Hall–Kier alpha value is -0.540. The first-order chi connectivity index (χ1) is 8.95. The number of aliphatic carboxylic acids is 1. The van der Waals surface area contributed by atoms with Crippen molar-refractivity contribution in [2.24, 2.45) is 0 Å². The number of phosphoric acid groups is 1. The van der Waals surface area contributed by atoms with Crippen molar-refractivity contribution >= 4 is 13.8 Å². The van der Waals surface area contributed by atoms with Crippen LogP contribution in [-0.2, 0) is 18.4 Å². The molecule has 4 N–H and O–H groups in total. The number of carboxylic acids is 1. The first-order valence-electron chi connectivity index (χ1n) is 5.92. The van der Waals surface area contributed by atoms with Gasteiger partial charge in [0.15, 0.2) is 0 Å². The van der Waals surface area contributed by atoms with Crippen molar-refractivity contribution in [3.63, 3.8) is 0 Å². The Labute approximate surface area is 117 Å². The minimum Gasteiger partial charge on any atom is -0.481 e. The van der Waals surface area contributed by atoms with E-state index in [4.69, 9.17) is 19.8 Å². The first kappa shape index (κ1) is 19.5. The average molecular weight is 316 g/mol. The molecule has 0 fully saturated rings. The molecule has 0 aromatic heterocycles. The van der Waals surface area contributed by atoms with Crippen LogP contribution in [0.1, 0.15) is 6.42 Å². The highest BCUT2D eigenvalue weighted by atomic mass is 31.2. The van der Waals surface area contributed by atoms with Gasteiger partial charge in [-0.15, -0.1) is 0 Å². The highest BCUT2D eigenvalue weighted by Crippen LogP contribution is 2.45. The van der Waals surface area contributed by atoms with E-state index < -0.39 is 45.6 Å². The van der Waals surface area contributed by atoms with E-state index in [9.17, 15) is 14.3 Å². The molecular weight excluding hydrogens is 293 g/mol. The van der Waals surface area contributed by atoms with Gasteiger partial charge in [0.05, 0.1) is 40.8 Å². The number of hydrogen-bond acceptors (Lipinski definition) is 6. The molecule has 0 heterocycles. The monoisotopic (exact) mass is 316 g/mol. The highest BCUT2D eigenvalue weighted by Gasteiger charge is 2.32. The van der Waals surface area contributed by atoms with E-state index in [2.05, 4.69) is 4.52 Å². The molecule has 2 unspecified atom stereocenters. The zero-order valence-electron chi connectivity index (χ0n) is 11.8. The molecule has 3 atom stereocenters. The molecule has 0 aliphatic carbocycles. The fourth-order valence-electron chi connectivity index (χ4n) is 1.39. The third kappa shape index (κ3) is 10.3. The predicted molar refractivity (Wildman–Crippen MR) is 68.9 cm³/mol. The van der Waals surface area contributed by atoms with Gasteiger partial charge in [0, 0.05) is 0 Å². The summed E-state index contributed by atoms with van der Waals surface area (Å²) in [6, 6.07) is 0. The molecule has 20 heavy (non-hydrogen) atoms. The summed E-state index contributed by atoms with van der Waals surface area (Å²) in [4.78, 5) is 20.2. The minimum atomic E-state index is -4.50. The van der Waals surface area contributed by atoms with Crippen LogP contribution in [-0.4, -0.2) is 83.8 Å². The van der Waals surface area contributed by atoms with Crippen molar-refractivity contribution in [2.75, 3.05) is 40.9 Å². The van der Waals surface area contributed by atoms with E-state index in [0.29, 0.717) is 4.48 Å². The van der Waals surface area contributed by atoms with Crippen molar-refractivity contribution in [3.8, 4) is 0 Å². The lowest BCUT2D eigenvalue weighted by atomic mass is 10.2. The fourth-order valence-corrected chi connectivity index (χ4v) is 2.33. The normalized spacial score (nSPS) is 18.3. The number of rotatable bonds is 10. The van der Waals surface area contributed by atoms with Crippen molar-refractivity contribution < 1.29 is 43.1 Å². The van der Waals surface area contributed by atoms with Crippen molar-refractivity contribution in [3.05, 3.63) is 0 Å². The number of nitrogens with zero attached hydrogens (tertiary/aromatic N) is 1. The summed E-state index contributed by atoms with van der Waals surface area (Å²) in [5.74, 6) is -1.17. The van der Waals surface area contributed by atoms with E-state index in [1.165, 1.54) is 0 Å². The summed E-state index contributed by atoms with van der Waals surface area (Å²) in [6.45, 7) is -1.03. The quantitative estimate of drug-likeness (QED) is 0.298. The summed E-state index contributed by atoms with van der Waals surface area (Å²) in [7, 11) is 0.822. The smallest absolute Gasteiger partial charge is 0.472 e. The van der Waals surface area contributed by atoms with Crippen LogP contribution < -0.4 is 0 Å². The van der Waals surface area contributed by atoms with Crippen LogP contribution in [0.25, 0.3) is 0 Å². The largest absolute Gasteiger partial charge is 0.481 e. The van der Waals surface area contributed by atoms with Gasteiger partial charge in [-0.05, 0) is 0 Å². The number of carboxylic acid groups (broad SMARTS) is 1. The van der Waals surface area contributed by atoms with E-state index in [-0.39, 0.29) is 6.54 Å². The van der Waals surface area contributed by atoms with Gasteiger partial charge in [-0.2, -0.15) is 0 Å². The molecule has 10 heteroatoms. The fraction of sp³-hybridized carbons (Fsp3) is 0.900. The maximum absolute atomic E-state index is 11.6. The standard InChI is InChI=1S/C10H22NO8P/c1-11(2,3)5-9(4-10(14)15)19-20(16,17)18-7-8(13)6-12/h8-9,12-13H,4-7H2,1-3H3,(H-,14,15,16,17)/p+1/t8?,9-/m1/s1. The lowest BCUT2D eigenvalue weighted by Gasteiger charge is -2.29. The second kappa shape index (κ2) is 8.04. The summed E-state index contributed by atoms with van der Waals surface area (Å²) < 4.78 is 21.3. The number of carbonyl (C=O) groups is 1. The zero-order valence-corrected chi connectivity index (χ0v) is 12.7. The molecule has 120 valence electrons. The molecule has 9 nitrogen and oxygen atoms in total. The minimum absolute atomic E-state index is 0.183. The second-order valence-corrected chi connectivity index (χ2v) is 6.81. The van der Waals surface area contributed by atoms with Gasteiger partial charge in [0.25, 0.3) is 0 Å². The topological polar surface area (TPSA) is 134 Å². The van der Waals surface area contributed by atoms with Gasteiger partial charge in [-0.3, -0.25) is 13.8 Å². The Morgan fingerprint density at radius 3 is 2.30 bits per heavy atom. The summed E-state index contributed by atoms with van der Waals surface area (Å²) in [6.07, 6.45) is -2.78. The molecule has 0 radical (unpaired) electrons. The van der Waals surface area contributed by atoms with Gasteiger partial charge in [-0.25, -0.2) is 4.57 Å². The lowest BCUT2D eigenvalue weighted by molar-refractivity contribution is -0.873. The number of hydrogen-bond donors (Lipinski definition) is 4. The Morgan fingerprint density at radius 1 is 1.35 bits per heavy atom. The molecule has 0 aliphatic rings. The third-order valence-electron chi connectivity index (χ3n) is 2.08. The summed E-state index contributed by atoms with van der Waals surface area (Å²) >= 11 is 0. The highest BCUT2D eigenvalue weighted by molar-refractivity contribution is 7.47. The number of likely N-dealkylation sites (N-methyl/N-ethyl adjacent to an activating group) is 1. The molecule has 0 aromatic rings. The zero-order chi connectivity index (χ0) is 16.0. The van der Waals surface area contributed by atoms with Crippen LogP contribution in [0.4, 0.5) is 0 Å². The number of quaternary nitrogens is 1. The Morgan fingerprint density at radius 2 is 1.90 bits per heavy atom. The Kier molecular flexibility index (Phi) is 7.82. The van der Waals surface area contributed by atoms with E-state index in [1.807, 2.05) is 0 Å². The summed E-state index contributed by atoms with van der Waals surface area (Å²) in [5, 5.41) is 26.4. The van der Waals surface area contributed by atoms with Gasteiger partial charge >= 0.3 is 13.8 Å². The van der Waals surface area contributed by atoms with Crippen molar-refractivity contribution in [1.29, 1.82) is 0 Å². The van der Waals surface area contributed by atoms with E-state index in [0.717, 1.165) is 0 Å². The van der Waals surface area contributed by atoms with Gasteiger partial charge in [0.2, 0.25) is 0 Å². The molecule has 0 amide bonds. The van der Waals surface area contributed by atoms with Crippen LogP contribution in [0, 0.1) is 0 Å². The molecule has 0 saturated heterocycles.